The molecule has 0 aromatic heterocycles. The lowest BCUT2D eigenvalue weighted by Gasteiger charge is -2.31. The summed E-state index contributed by atoms with van der Waals surface area (Å²) in [7, 11) is 1.37. The number of nitro groups is 1. The zero-order chi connectivity index (χ0) is 18.1. The number of methoxy groups -OCH3 is 1. The van der Waals surface area contributed by atoms with Crippen molar-refractivity contribution in [2.75, 3.05) is 18.6 Å². The first-order valence-electron chi connectivity index (χ1n) is 8.16. The van der Waals surface area contributed by atoms with Gasteiger partial charge in [-0.05, 0) is 61.6 Å². The van der Waals surface area contributed by atoms with Gasteiger partial charge in [-0.3, -0.25) is 14.9 Å². The second-order valence-electron chi connectivity index (χ2n) is 6.28. The molecule has 3 rings (SSSR count). The summed E-state index contributed by atoms with van der Waals surface area (Å²) in [4.78, 5) is 25.4. The molecule has 0 saturated carbocycles. The van der Waals surface area contributed by atoms with Gasteiger partial charge in [-0.2, -0.15) is 0 Å². The number of carbonyl (C=O) groups is 1. The zero-order valence-corrected chi connectivity index (χ0v) is 14.5. The number of hydrogen-bond donors (Lipinski definition) is 0. The van der Waals surface area contributed by atoms with E-state index in [4.69, 9.17) is 4.74 Å². The number of ether oxygens (including phenoxy) is 1. The quantitative estimate of drug-likeness (QED) is 0.629. The summed E-state index contributed by atoms with van der Waals surface area (Å²) >= 11 is 0. The van der Waals surface area contributed by atoms with Gasteiger partial charge < -0.3 is 9.64 Å². The van der Waals surface area contributed by atoms with Gasteiger partial charge in [0.25, 0.3) is 5.91 Å². The maximum atomic E-state index is 13.0. The van der Waals surface area contributed by atoms with E-state index in [0.717, 1.165) is 24.1 Å². The third-order valence-corrected chi connectivity index (χ3v) is 4.56. The highest BCUT2D eigenvalue weighted by Crippen LogP contribution is 2.33. The highest BCUT2D eigenvalue weighted by Gasteiger charge is 2.27. The molecule has 0 aliphatic carbocycles. The predicted octanol–water partition coefficient (Wildman–Crippen LogP) is 3.81. The summed E-state index contributed by atoms with van der Waals surface area (Å²) in [6, 6.07) is 8.46. The highest BCUT2D eigenvalue weighted by molar-refractivity contribution is 6.07. The molecular formula is C19H20N2O4. The summed E-state index contributed by atoms with van der Waals surface area (Å²) in [5.74, 6) is -0.0796. The smallest absolute Gasteiger partial charge is 0.311 e. The number of hydrogen-bond acceptors (Lipinski definition) is 4. The molecule has 0 unspecified atom stereocenters. The number of aryl methyl sites for hydroxylation is 2. The number of benzene rings is 2. The molecule has 0 spiro atoms. The third-order valence-electron chi connectivity index (χ3n) is 4.56. The van der Waals surface area contributed by atoms with Crippen LogP contribution in [0.1, 0.15) is 33.5 Å². The van der Waals surface area contributed by atoms with Crippen molar-refractivity contribution >= 4 is 17.3 Å². The number of fused-ring (bicyclic) bond motifs is 1. The van der Waals surface area contributed by atoms with Gasteiger partial charge in [0.2, 0.25) is 0 Å². The molecule has 1 aliphatic heterocycles. The fourth-order valence-electron chi connectivity index (χ4n) is 3.41. The normalized spacial score (nSPS) is 13.3. The molecule has 25 heavy (non-hydrogen) atoms. The number of amides is 1. The van der Waals surface area contributed by atoms with Crippen molar-refractivity contribution in [2.45, 2.75) is 26.7 Å². The molecule has 130 valence electrons. The standard InChI is InChI=1S/C19H20N2O4/c1-12-9-13(2)15-5-4-8-20(16(15)10-12)19(22)14-6-7-18(25-3)17(11-14)21(23)24/h6-7,9-11H,4-5,8H2,1-3H3. The van der Waals surface area contributed by atoms with Crippen LogP contribution < -0.4 is 9.64 Å². The van der Waals surface area contributed by atoms with Crippen molar-refractivity contribution < 1.29 is 14.5 Å². The molecule has 6 nitrogen and oxygen atoms in total. The SMILES string of the molecule is COc1ccc(C(=O)N2CCCc3c(C)cc(C)cc32)cc1[N+](=O)[O-]. The molecule has 0 fully saturated rings. The van der Waals surface area contributed by atoms with Gasteiger partial charge in [0.05, 0.1) is 12.0 Å². The predicted molar refractivity (Wildman–Crippen MR) is 95.6 cm³/mol. The lowest BCUT2D eigenvalue weighted by molar-refractivity contribution is -0.385. The van der Waals surface area contributed by atoms with E-state index in [1.165, 1.54) is 30.4 Å². The van der Waals surface area contributed by atoms with Crippen LogP contribution in [0.4, 0.5) is 11.4 Å². The van der Waals surface area contributed by atoms with E-state index >= 15 is 0 Å². The van der Waals surface area contributed by atoms with E-state index < -0.39 is 4.92 Å². The topological polar surface area (TPSA) is 72.7 Å². The van der Waals surface area contributed by atoms with Gasteiger partial charge >= 0.3 is 5.69 Å². The molecular weight excluding hydrogens is 320 g/mol. The lowest BCUT2D eigenvalue weighted by atomic mass is 9.94. The Labute approximate surface area is 146 Å². The summed E-state index contributed by atoms with van der Waals surface area (Å²) in [6.07, 6.45) is 1.81. The van der Waals surface area contributed by atoms with Crippen molar-refractivity contribution in [2.24, 2.45) is 0 Å². The Hall–Kier alpha value is -2.89. The highest BCUT2D eigenvalue weighted by atomic mass is 16.6. The number of rotatable bonds is 3. The Balaban J connectivity index is 2.04. The van der Waals surface area contributed by atoms with Crippen LogP contribution in [0.3, 0.4) is 0 Å². The Bertz CT molecular complexity index is 861. The van der Waals surface area contributed by atoms with Crippen LogP contribution in [0.15, 0.2) is 30.3 Å². The molecule has 1 amide bonds. The molecule has 6 heteroatoms. The van der Waals surface area contributed by atoms with Crippen LogP contribution in [0.2, 0.25) is 0 Å². The summed E-state index contributed by atoms with van der Waals surface area (Å²) in [5, 5.41) is 11.2. The molecule has 1 heterocycles. The van der Waals surface area contributed by atoms with E-state index in [1.54, 1.807) is 11.0 Å². The minimum absolute atomic E-state index is 0.146. The van der Waals surface area contributed by atoms with Crippen molar-refractivity contribution in [1.82, 2.24) is 0 Å². The number of anilines is 1. The van der Waals surface area contributed by atoms with Crippen molar-refractivity contribution in [3.63, 3.8) is 0 Å². The van der Waals surface area contributed by atoms with Crippen LogP contribution in [-0.4, -0.2) is 24.5 Å². The molecule has 1 aliphatic rings. The summed E-state index contributed by atoms with van der Waals surface area (Å²) in [5.41, 5.74) is 4.44. The van der Waals surface area contributed by atoms with Gasteiger partial charge in [0.15, 0.2) is 5.75 Å². The van der Waals surface area contributed by atoms with Crippen LogP contribution in [-0.2, 0) is 6.42 Å². The maximum Gasteiger partial charge on any atom is 0.311 e. The maximum absolute atomic E-state index is 13.0. The first kappa shape index (κ1) is 17.0. The Morgan fingerprint density at radius 2 is 2.00 bits per heavy atom. The van der Waals surface area contributed by atoms with Crippen LogP contribution in [0.25, 0.3) is 0 Å². The van der Waals surface area contributed by atoms with Crippen molar-refractivity contribution in [3.8, 4) is 5.75 Å². The zero-order valence-electron chi connectivity index (χ0n) is 14.5. The van der Waals surface area contributed by atoms with E-state index in [0.29, 0.717) is 12.1 Å². The van der Waals surface area contributed by atoms with Crippen molar-refractivity contribution in [1.29, 1.82) is 0 Å². The Kier molecular flexibility index (Phi) is 4.44. The summed E-state index contributed by atoms with van der Waals surface area (Å²) < 4.78 is 5.01. The van der Waals surface area contributed by atoms with Gasteiger partial charge in [0, 0.05) is 23.9 Å². The average molecular weight is 340 g/mol. The molecule has 0 N–H and O–H groups in total. The van der Waals surface area contributed by atoms with Crippen LogP contribution in [0, 0.1) is 24.0 Å². The van der Waals surface area contributed by atoms with Gasteiger partial charge in [0.1, 0.15) is 0 Å². The second-order valence-corrected chi connectivity index (χ2v) is 6.28. The lowest BCUT2D eigenvalue weighted by Crippen LogP contribution is -2.35. The second kappa shape index (κ2) is 6.55. The Morgan fingerprint density at radius 3 is 2.68 bits per heavy atom. The van der Waals surface area contributed by atoms with Crippen LogP contribution >= 0.6 is 0 Å². The Morgan fingerprint density at radius 1 is 1.24 bits per heavy atom. The van der Waals surface area contributed by atoms with E-state index in [2.05, 4.69) is 13.0 Å². The fourth-order valence-corrected chi connectivity index (χ4v) is 3.41. The average Bonchev–Trinajstić information content (AvgIpc) is 2.60. The number of carbonyl (C=O) groups excluding carboxylic acids is 1. The molecule has 0 atom stereocenters. The van der Waals surface area contributed by atoms with E-state index in [9.17, 15) is 14.9 Å². The minimum atomic E-state index is -0.534. The first-order chi connectivity index (χ1) is 11.9. The molecule has 0 saturated heterocycles. The van der Waals surface area contributed by atoms with Gasteiger partial charge in [-0.1, -0.05) is 6.07 Å². The van der Waals surface area contributed by atoms with Gasteiger partial charge in [-0.15, -0.1) is 0 Å². The monoisotopic (exact) mass is 340 g/mol. The number of nitrogens with zero attached hydrogens (tertiary/aromatic N) is 2. The fraction of sp³-hybridized carbons (Fsp3) is 0.316. The minimum Gasteiger partial charge on any atom is -0.490 e. The van der Waals surface area contributed by atoms with Crippen LogP contribution in [0.5, 0.6) is 5.75 Å². The van der Waals surface area contributed by atoms with E-state index in [1.807, 2.05) is 13.0 Å². The van der Waals surface area contributed by atoms with Gasteiger partial charge in [-0.25, -0.2) is 0 Å². The first-order valence-corrected chi connectivity index (χ1v) is 8.16. The molecule has 0 bridgehead atoms. The van der Waals surface area contributed by atoms with Crippen molar-refractivity contribution in [3.05, 3.63) is 62.7 Å². The number of nitro benzene ring substituents is 1. The largest absolute Gasteiger partial charge is 0.490 e. The molecule has 2 aromatic carbocycles. The third kappa shape index (κ3) is 3.07. The van der Waals surface area contributed by atoms with E-state index in [-0.39, 0.29) is 17.3 Å². The molecule has 0 radical (unpaired) electrons. The molecule has 2 aromatic rings. The summed E-state index contributed by atoms with van der Waals surface area (Å²) in [6.45, 7) is 4.66.